The minimum atomic E-state index is -0.249. The van der Waals surface area contributed by atoms with Crippen LogP contribution >= 0.6 is 11.6 Å². The third-order valence-electron chi connectivity index (χ3n) is 3.37. The van der Waals surface area contributed by atoms with Crippen LogP contribution < -0.4 is 14.8 Å². The zero-order valence-electron chi connectivity index (χ0n) is 12.6. The van der Waals surface area contributed by atoms with Gasteiger partial charge in [0, 0.05) is 12.7 Å². The van der Waals surface area contributed by atoms with Gasteiger partial charge in [0.05, 0.1) is 16.9 Å². The summed E-state index contributed by atoms with van der Waals surface area (Å²) in [4.78, 5) is 20.1. The lowest BCUT2D eigenvalue weighted by atomic mass is 10.1. The number of carbonyl (C=O) groups excluding carboxylic acids is 1. The molecule has 1 N–H and O–H groups in total. The van der Waals surface area contributed by atoms with Gasteiger partial charge < -0.3 is 14.8 Å². The third kappa shape index (κ3) is 3.71. The van der Waals surface area contributed by atoms with E-state index in [-0.39, 0.29) is 5.91 Å². The molecule has 0 atom stereocenters. The van der Waals surface area contributed by atoms with E-state index in [1.54, 1.807) is 6.20 Å². The Kier molecular flexibility index (Phi) is 4.62. The number of carbonyl (C=O) groups is 1. The smallest absolute Gasteiger partial charge is 0.271 e. The van der Waals surface area contributed by atoms with Gasteiger partial charge in [0.25, 0.3) is 5.91 Å². The first-order valence-electron chi connectivity index (χ1n) is 7.28. The lowest BCUT2D eigenvalue weighted by Gasteiger charge is -2.20. The van der Waals surface area contributed by atoms with Crippen molar-refractivity contribution < 1.29 is 14.3 Å². The average Bonchev–Trinajstić information content (AvgIpc) is 2.55. The first kappa shape index (κ1) is 15.6. The molecule has 6 nitrogen and oxygen atoms in total. The first-order chi connectivity index (χ1) is 11.1. The SMILES string of the molecule is Cc1cnc(C(=O)NCCc2cc(Cl)c3c(c2)OCCO3)cn1. The first-order valence-corrected chi connectivity index (χ1v) is 7.66. The molecule has 1 aliphatic heterocycles. The van der Waals surface area contributed by atoms with Gasteiger partial charge in [-0.2, -0.15) is 0 Å². The summed E-state index contributed by atoms with van der Waals surface area (Å²) in [6, 6.07) is 3.71. The van der Waals surface area contributed by atoms with Crippen LogP contribution in [0.5, 0.6) is 11.5 Å². The molecule has 0 saturated carbocycles. The summed E-state index contributed by atoms with van der Waals surface area (Å²) in [5.41, 5.74) is 2.04. The fraction of sp³-hybridized carbons (Fsp3) is 0.312. The van der Waals surface area contributed by atoms with Crippen molar-refractivity contribution >= 4 is 17.5 Å². The minimum absolute atomic E-state index is 0.249. The second-order valence-corrected chi connectivity index (χ2v) is 5.56. The fourth-order valence-corrected chi connectivity index (χ4v) is 2.52. The maximum Gasteiger partial charge on any atom is 0.271 e. The van der Waals surface area contributed by atoms with Crippen LogP contribution in [0, 0.1) is 6.92 Å². The molecule has 2 heterocycles. The lowest BCUT2D eigenvalue weighted by molar-refractivity contribution is 0.0948. The number of aromatic nitrogens is 2. The largest absolute Gasteiger partial charge is 0.486 e. The van der Waals surface area contributed by atoms with Gasteiger partial charge in [0.15, 0.2) is 11.5 Å². The Morgan fingerprint density at radius 2 is 2.09 bits per heavy atom. The molecule has 0 bridgehead atoms. The fourth-order valence-electron chi connectivity index (χ4n) is 2.23. The van der Waals surface area contributed by atoms with Gasteiger partial charge in [-0.25, -0.2) is 4.98 Å². The number of hydrogen-bond acceptors (Lipinski definition) is 5. The van der Waals surface area contributed by atoms with Crippen molar-refractivity contribution in [3.05, 3.63) is 46.5 Å². The lowest BCUT2D eigenvalue weighted by Crippen LogP contribution is -2.26. The van der Waals surface area contributed by atoms with E-state index in [0.29, 0.717) is 48.4 Å². The van der Waals surface area contributed by atoms with Crippen LogP contribution in [-0.4, -0.2) is 35.6 Å². The van der Waals surface area contributed by atoms with Gasteiger partial charge >= 0.3 is 0 Å². The normalized spacial score (nSPS) is 12.8. The Bertz CT molecular complexity index is 719. The average molecular weight is 334 g/mol. The molecule has 0 unspecified atom stereocenters. The molecule has 2 aromatic rings. The molecule has 0 fully saturated rings. The van der Waals surface area contributed by atoms with E-state index < -0.39 is 0 Å². The predicted molar refractivity (Wildman–Crippen MR) is 85.2 cm³/mol. The number of hydrogen-bond donors (Lipinski definition) is 1. The predicted octanol–water partition coefficient (Wildman–Crippen LogP) is 2.18. The number of ether oxygens (including phenoxy) is 2. The molecule has 0 radical (unpaired) electrons. The van der Waals surface area contributed by atoms with Crippen molar-refractivity contribution in [2.45, 2.75) is 13.3 Å². The Labute approximate surface area is 138 Å². The number of benzene rings is 1. The van der Waals surface area contributed by atoms with E-state index in [1.807, 2.05) is 19.1 Å². The molecule has 1 aromatic carbocycles. The highest BCUT2D eigenvalue weighted by molar-refractivity contribution is 6.32. The number of rotatable bonds is 4. The monoisotopic (exact) mass is 333 g/mol. The molecule has 1 aliphatic rings. The molecule has 23 heavy (non-hydrogen) atoms. The maximum atomic E-state index is 12.0. The summed E-state index contributed by atoms with van der Waals surface area (Å²) >= 11 is 6.19. The minimum Gasteiger partial charge on any atom is -0.486 e. The third-order valence-corrected chi connectivity index (χ3v) is 3.65. The standard InChI is InChI=1S/C16H16ClN3O3/c1-10-8-20-13(9-19-10)16(21)18-3-2-11-6-12(17)15-14(7-11)22-4-5-23-15/h6-9H,2-5H2,1H3,(H,18,21). The summed E-state index contributed by atoms with van der Waals surface area (Å²) < 4.78 is 11.0. The summed E-state index contributed by atoms with van der Waals surface area (Å²) in [6.07, 6.45) is 3.66. The Balaban J connectivity index is 1.59. The Morgan fingerprint density at radius 3 is 2.87 bits per heavy atom. The summed E-state index contributed by atoms with van der Waals surface area (Å²) in [5.74, 6) is 0.983. The second-order valence-electron chi connectivity index (χ2n) is 5.15. The van der Waals surface area contributed by atoms with Gasteiger partial charge in [-0.1, -0.05) is 11.6 Å². The van der Waals surface area contributed by atoms with Crippen LogP contribution in [-0.2, 0) is 6.42 Å². The molecular formula is C16H16ClN3O3. The molecule has 1 amide bonds. The Hall–Kier alpha value is -2.34. The van der Waals surface area contributed by atoms with Crippen LogP contribution in [0.2, 0.25) is 5.02 Å². The molecule has 120 valence electrons. The Morgan fingerprint density at radius 1 is 1.26 bits per heavy atom. The van der Waals surface area contributed by atoms with Crippen LogP contribution in [0.1, 0.15) is 21.7 Å². The highest BCUT2D eigenvalue weighted by atomic mass is 35.5. The van der Waals surface area contributed by atoms with E-state index in [9.17, 15) is 4.79 Å². The zero-order chi connectivity index (χ0) is 16.2. The van der Waals surface area contributed by atoms with Crippen molar-refractivity contribution in [1.29, 1.82) is 0 Å². The molecule has 7 heteroatoms. The van der Waals surface area contributed by atoms with Crippen molar-refractivity contribution in [3.63, 3.8) is 0 Å². The molecule has 0 spiro atoms. The number of halogens is 1. The highest BCUT2D eigenvalue weighted by Gasteiger charge is 2.16. The molecule has 0 saturated heterocycles. The van der Waals surface area contributed by atoms with Crippen LogP contribution in [0.3, 0.4) is 0 Å². The quantitative estimate of drug-likeness (QED) is 0.928. The van der Waals surface area contributed by atoms with Crippen molar-refractivity contribution in [3.8, 4) is 11.5 Å². The van der Waals surface area contributed by atoms with Crippen molar-refractivity contribution in [2.75, 3.05) is 19.8 Å². The van der Waals surface area contributed by atoms with E-state index >= 15 is 0 Å². The van der Waals surface area contributed by atoms with Gasteiger partial charge in [0.2, 0.25) is 0 Å². The molecule has 1 aromatic heterocycles. The summed E-state index contributed by atoms with van der Waals surface area (Å²) in [5, 5.41) is 3.33. The molecule has 0 aliphatic carbocycles. The zero-order valence-corrected chi connectivity index (χ0v) is 13.4. The number of nitrogens with one attached hydrogen (secondary N) is 1. The number of amides is 1. The molecule has 3 rings (SSSR count). The van der Waals surface area contributed by atoms with E-state index in [4.69, 9.17) is 21.1 Å². The number of nitrogens with zero attached hydrogens (tertiary/aromatic N) is 2. The van der Waals surface area contributed by atoms with Crippen LogP contribution in [0.25, 0.3) is 0 Å². The van der Waals surface area contributed by atoms with Gasteiger partial charge in [0.1, 0.15) is 18.9 Å². The van der Waals surface area contributed by atoms with E-state index in [0.717, 1.165) is 11.3 Å². The van der Waals surface area contributed by atoms with Crippen molar-refractivity contribution in [1.82, 2.24) is 15.3 Å². The summed E-state index contributed by atoms with van der Waals surface area (Å²) in [7, 11) is 0. The van der Waals surface area contributed by atoms with Gasteiger partial charge in [-0.15, -0.1) is 0 Å². The van der Waals surface area contributed by atoms with Crippen LogP contribution in [0.4, 0.5) is 0 Å². The molecular weight excluding hydrogens is 318 g/mol. The topological polar surface area (TPSA) is 73.3 Å². The second kappa shape index (κ2) is 6.83. The van der Waals surface area contributed by atoms with Gasteiger partial charge in [-0.05, 0) is 31.0 Å². The van der Waals surface area contributed by atoms with Crippen LogP contribution in [0.15, 0.2) is 24.5 Å². The van der Waals surface area contributed by atoms with Crippen molar-refractivity contribution in [2.24, 2.45) is 0 Å². The van der Waals surface area contributed by atoms with E-state index in [1.165, 1.54) is 6.20 Å². The number of fused-ring (bicyclic) bond motifs is 1. The number of aryl methyl sites for hydroxylation is 1. The highest BCUT2D eigenvalue weighted by Crippen LogP contribution is 2.38. The van der Waals surface area contributed by atoms with Gasteiger partial charge in [-0.3, -0.25) is 9.78 Å². The maximum absolute atomic E-state index is 12.0. The summed E-state index contributed by atoms with van der Waals surface area (Å²) in [6.45, 7) is 3.29. The van der Waals surface area contributed by atoms with E-state index in [2.05, 4.69) is 15.3 Å².